The topological polar surface area (TPSA) is 15.3 Å². The van der Waals surface area contributed by atoms with Crippen molar-refractivity contribution in [1.29, 1.82) is 0 Å². The van der Waals surface area contributed by atoms with Crippen molar-refractivity contribution in [1.82, 2.24) is 4.90 Å². The molecule has 0 aliphatic heterocycles. The molecular formula is C14H24N2. The van der Waals surface area contributed by atoms with Gasteiger partial charge in [0, 0.05) is 12.2 Å². The maximum Gasteiger partial charge on any atom is 0.0340 e. The first kappa shape index (κ1) is 13.0. The van der Waals surface area contributed by atoms with Gasteiger partial charge in [0.2, 0.25) is 0 Å². The van der Waals surface area contributed by atoms with Crippen molar-refractivity contribution in [2.24, 2.45) is 0 Å². The highest BCUT2D eigenvalue weighted by Gasteiger charge is 1.94. The first-order chi connectivity index (χ1) is 7.72. The SMILES string of the molecule is CCCc1ccc(NCCCN(C)C)cc1. The van der Waals surface area contributed by atoms with Crippen LogP contribution in [0.4, 0.5) is 5.69 Å². The average Bonchev–Trinajstić information content (AvgIpc) is 2.27. The third kappa shape index (κ3) is 5.17. The van der Waals surface area contributed by atoms with Gasteiger partial charge in [-0.15, -0.1) is 0 Å². The minimum absolute atomic E-state index is 1.05. The van der Waals surface area contributed by atoms with E-state index in [-0.39, 0.29) is 0 Å². The van der Waals surface area contributed by atoms with E-state index < -0.39 is 0 Å². The zero-order chi connectivity index (χ0) is 11.8. The molecule has 0 aliphatic carbocycles. The van der Waals surface area contributed by atoms with Crippen molar-refractivity contribution in [2.75, 3.05) is 32.5 Å². The molecule has 0 aliphatic rings. The molecule has 90 valence electrons. The van der Waals surface area contributed by atoms with Crippen LogP contribution < -0.4 is 5.32 Å². The van der Waals surface area contributed by atoms with E-state index in [2.05, 4.69) is 55.5 Å². The number of rotatable bonds is 7. The fraction of sp³-hybridized carbons (Fsp3) is 0.571. The maximum atomic E-state index is 3.44. The fourth-order valence-corrected chi connectivity index (χ4v) is 1.71. The Morgan fingerprint density at radius 2 is 1.81 bits per heavy atom. The van der Waals surface area contributed by atoms with Crippen LogP contribution in [0, 0.1) is 0 Å². The molecule has 0 spiro atoms. The summed E-state index contributed by atoms with van der Waals surface area (Å²) in [7, 11) is 4.22. The van der Waals surface area contributed by atoms with Gasteiger partial charge >= 0.3 is 0 Å². The minimum atomic E-state index is 1.05. The molecule has 1 rings (SSSR count). The number of anilines is 1. The molecular weight excluding hydrogens is 196 g/mol. The first-order valence-corrected chi connectivity index (χ1v) is 6.20. The molecule has 1 aromatic rings. The molecule has 0 fully saturated rings. The summed E-state index contributed by atoms with van der Waals surface area (Å²) >= 11 is 0. The number of hydrogen-bond donors (Lipinski definition) is 1. The van der Waals surface area contributed by atoms with Gasteiger partial charge in [0.05, 0.1) is 0 Å². The Bertz CT molecular complexity index is 277. The predicted octanol–water partition coefficient (Wildman–Crippen LogP) is 3.00. The van der Waals surface area contributed by atoms with Crippen LogP contribution >= 0.6 is 0 Å². The molecule has 0 bridgehead atoms. The lowest BCUT2D eigenvalue weighted by molar-refractivity contribution is 0.405. The number of nitrogens with zero attached hydrogens (tertiary/aromatic N) is 1. The van der Waals surface area contributed by atoms with Gasteiger partial charge in [-0.05, 0) is 51.2 Å². The Balaban J connectivity index is 2.26. The number of benzene rings is 1. The van der Waals surface area contributed by atoms with E-state index in [0.717, 1.165) is 13.1 Å². The van der Waals surface area contributed by atoms with Crippen LogP contribution in [0.1, 0.15) is 25.3 Å². The lowest BCUT2D eigenvalue weighted by Crippen LogP contribution is -2.16. The predicted molar refractivity (Wildman–Crippen MR) is 72.1 cm³/mol. The standard InChI is InChI=1S/C14H24N2/c1-4-6-13-7-9-14(10-8-13)15-11-5-12-16(2)3/h7-10,15H,4-6,11-12H2,1-3H3. The number of hydrogen-bond acceptors (Lipinski definition) is 2. The van der Waals surface area contributed by atoms with Gasteiger partial charge in [-0.2, -0.15) is 0 Å². The lowest BCUT2D eigenvalue weighted by atomic mass is 10.1. The highest BCUT2D eigenvalue weighted by molar-refractivity contribution is 5.44. The van der Waals surface area contributed by atoms with E-state index in [4.69, 9.17) is 0 Å². The summed E-state index contributed by atoms with van der Waals surface area (Å²) in [6, 6.07) is 8.80. The normalized spacial score (nSPS) is 10.8. The van der Waals surface area contributed by atoms with Gasteiger partial charge in [-0.3, -0.25) is 0 Å². The Labute approximate surface area is 99.7 Å². The van der Waals surface area contributed by atoms with Gasteiger partial charge in [-0.25, -0.2) is 0 Å². The molecule has 0 saturated carbocycles. The number of nitrogens with one attached hydrogen (secondary N) is 1. The van der Waals surface area contributed by atoms with E-state index in [1.54, 1.807) is 0 Å². The molecule has 0 aromatic heterocycles. The molecule has 1 N–H and O–H groups in total. The lowest BCUT2D eigenvalue weighted by Gasteiger charge is -2.10. The molecule has 16 heavy (non-hydrogen) atoms. The maximum absolute atomic E-state index is 3.44. The number of aryl methyl sites for hydroxylation is 1. The van der Waals surface area contributed by atoms with Crippen LogP contribution in [0.15, 0.2) is 24.3 Å². The summed E-state index contributed by atoms with van der Waals surface area (Å²) < 4.78 is 0. The van der Waals surface area contributed by atoms with E-state index in [0.29, 0.717) is 0 Å². The van der Waals surface area contributed by atoms with Crippen molar-refractivity contribution < 1.29 is 0 Å². The van der Waals surface area contributed by atoms with Crippen molar-refractivity contribution >= 4 is 5.69 Å². The van der Waals surface area contributed by atoms with Crippen LogP contribution in [0.25, 0.3) is 0 Å². The fourth-order valence-electron chi connectivity index (χ4n) is 1.71. The van der Waals surface area contributed by atoms with E-state index in [1.807, 2.05) is 0 Å². The van der Waals surface area contributed by atoms with Crippen LogP contribution in [0.3, 0.4) is 0 Å². The van der Waals surface area contributed by atoms with E-state index in [9.17, 15) is 0 Å². The van der Waals surface area contributed by atoms with Gasteiger partial charge in [0.25, 0.3) is 0 Å². The molecule has 0 unspecified atom stereocenters. The third-order valence-corrected chi connectivity index (χ3v) is 2.60. The molecule has 0 heterocycles. The quantitative estimate of drug-likeness (QED) is 0.711. The summed E-state index contributed by atoms with van der Waals surface area (Å²) in [5, 5.41) is 3.44. The smallest absolute Gasteiger partial charge is 0.0340 e. The average molecular weight is 220 g/mol. The molecule has 1 aromatic carbocycles. The molecule has 0 atom stereocenters. The monoisotopic (exact) mass is 220 g/mol. The summed E-state index contributed by atoms with van der Waals surface area (Å²) in [5.41, 5.74) is 2.67. The molecule has 0 saturated heterocycles. The summed E-state index contributed by atoms with van der Waals surface area (Å²) in [6.45, 7) is 4.40. The van der Waals surface area contributed by atoms with Crippen molar-refractivity contribution in [3.63, 3.8) is 0 Å². The van der Waals surface area contributed by atoms with Crippen LogP contribution in [-0.2, 0) is 6.42 Å². The summed E-state index contributed by atoms with van der Waals surface area (Å²) in [4.78, 5) is 2.21. The van der Waals surface area contributed by atoms with Crippen LogP contribution in [0.2, 0.25) is 0 Å². The van der Waals surface area contributed by atoms with Crippen molar-refractivity contribution in [3.05, 3.63) is 29.8 Å². The van der Waals surface area contributed by atoms with Crippen LogP contribution in [-0.4, -0.2) is 32.1 Å². The highest BCUT2D eigenvalue weighted by atomic mass is 15.1. The van der Waals surface area contributed by atoms with Crippen molar-refractivity contribution in [3.8, 4) is 0 Å². The molecule has 0 amide bonds. The summed E-state index contributed by atoms with van der Waals surface area (Å²) in [6.07, 6.45) is 3.58. The Kier molecular flexibility index (Phi) is 5.94. The second-order valence-electron chi connectivity index (χ2n) is 4.53. The largest absolute Gasteiger partial charge is 0.385 e. The van der Waals surface area contributed by atoms with Gasteiger partial charge in [-0.1, -0.05) is 25.5 Å². The zero-order valence-electron chi connectivity index (χ0n) is 10.8. The third-order valence-electron chi connectivity index (χ3n) is 2.60. The highest BCUT2D eigenvalue weighted by Crippen LogP contribution is 2.10. The van der Waals surface area contributed by atoms with Gasteiger partial charge in [0.1, 0.15) is 0 Å². The van der Waals surface area contributed by atoms with E-state index >= 15 is 0 Å². The second kappa shape index (κ2) is 7.29. The summed E-state index contributed by atoms with van der Waals surface area (Å²) in [5.74, 6) is 0. The molecule has 2 heteroatoms. The first-order valence-electron chi connectivity index (χ1n) is 6.20. The second-order valence-corrected chi connectivity index (χ2v) is 4.53. The van der Waals surface area contributed by atoms with Gasteiger partial charge < -0.3 is 10.2 Å². The Morgan fingerprint density at radius 3 is 2.38 bits per heavy atom. The van der Waals surface area contributed by atoms with Crippen LogP contribution in [0.5, 0.6) is 0 Å². The molecule has 2 nitrogen and oxygen atoms in total. The van der Waals surface area contributed by atoms with Crippen molar-refractivity contribution in [2.45, 2.75) is 26.2 Å². The Morgan fingerprint density at radius 1 is 1.12 bits per heavy atom. The molecule has 0 radical (unpaired) electrons. The van der Waals surface area contributed by atoms with E-state index in [1.165, 1.54) is 30.5 Å². The van der Waals surface area contributed by atoms with Gasteiger partial charge in [0.15, 0.2) is 0 Å². The zero-order valence-corrected chi connectivity index (χ0v) is 10.8. The minimum Gasteiger partial charge on any atom is -0.385 e. The Hall–Kier alpha value is -1.02.